The number of aromatic nitrogens is 2. The summed E-state index contributed by atoms with van der Waals surface area (Å²) in [5.74, 6) is 0.319. The van der Waals surface area contributed by atoms with Crippen LogP contribution in [-0.4, -0.2) is 86.3 Å². The van der Waals surface area contributed by atoms with Crippen LogP contribution < -0.4 is 10.1 Å². The van der Waals surface area contributed by atoms with Crippen molar-refractivity contribution >= 4 is 15.7 Å². The maximum absolute atomic E-state index is 13.3. The summed E-state index contributed by atoms with van der Waals surface area (Å²) in [5, 5.41) is 7.77. The molecule has 2 aromatic rings. The number of amides is 1. The van der Waals surface area contributed by atoms with Gasteiger partial charge in [0.15, 0.2) is 9.84 Å². The second kappa shape index (κ2) is 11.6. The molecule has 2 atom stereocenters. The Hall–Kier alpha value is -2.43. The standard InChI is InChI=1S/C29H45N5O4S/c1-20-14-25(38-7)15-21(2)28(20)39(36,37)19-23-16-22(3)34(31-23)18-27(35)30-26-9-8-24(17-29(26,4)5)33-12-10-32(6)11-13-33/h14-16,24,26H,8-13,17-19H2,1-7H3,(H,30,35). The first kappa shape index (κ1) is 29.6. The summed E-state index contributed by atoms with van der Waals surface area (Å²) in [6, 6.07) is 5.88. The number of ether oxygens (including phenoxy) is 1. The average molecular weight is 560 g/mol. The van der Waals surface area contributed by atoms with E-state index >= 15 is 0 Å². The van der Waals surface area contributed by atoms with Crippen LogP contribution in [0, 0.1) is 26.2 Å². The van der Waals surface area contributed by atoms with Gasteiger partial charge in [0, 0.05) is 44.0 Å². The molecule has 1 saturated carbocycles. The first-order chi connectivity index (χ1) is 18.3. The number of aryl methyl sites for hydroxylation is 3. The number of piperazine rings is 1. The quantitative estimate of drug-likeness (QED) is 0.531. The van der Waals surface area contributed by atoms with Crippen LogP contribution in [-0.2, 0) is 26.9 Å². The van der Waals surface area contributed by atoms with E-state index in [9.17, 15) is 13.2 Å². The molecule has 1 aromatic heterocycles. The Morgan fingerprint density at radius 3 is 2.31 bits per heavy atom. The molecule has 1 aliphatic carbocycles. The van der Waals surface area contributed by atoms with Crippen LogP contribution in [0.5, 0.6) is 5.75 Å². The Labute approximate surface area is 233 Å². The molecule has 0 radical (unpaired) electrons. The topological polar surface area (TPSA) is 96.8 Å². The number of sulfone groups is 1. The molecule has 9 nitrogen and oxygen atoms in total. The van der Waals surface area contributed by atoms with Crippen molar-refractivity contribution in [1.82, 2.24) is 24.9 Å². The fourth-order valence-electron chi connectivity index (χ4n) is 6.34. The van der Waals surface area contributed by atoms with Crippen LogP contribution in [0.15, 0.2) is 23.1 Å². The van der Waals surface area contributed by atoms with Gasteiger partial charge in [0.1, 0.15) is 12.3 Å². The zero-order valence-electron chi connectivity index (χ0n) is 24.6. The Morgan fingerprint density at radius 2 is 1.72 bits per heavy atom. The van der Waals surface area contributed by atoms with Crippen molar-refractivity contribution in [2.45, 2.75) is 83.2 Å². The monoisotopic (exact) mass is 559 g/mol. The van der Waals surface area contributed by atoms with Gasteiger partial charge in [-0.05, 0) is 81.8 Å². The smallest absolute Gasteiger partial charge is 0.241 e. The van der Waals surface area contributed by atoms with Crippen molar-refractivity contribution in [3.63, 3.8) is 0 Å². The predicted molar refractivity (Wildman–Crippen MR) is 153 cm³/mol. The number of hydrogen-bond acceptors (Lipinski definition) is 7. The lowest BCUT2D eigenvalue weighted by Gasteiger charge is -2.48. The third-order valence-electron chi connectivity index (χ3n) is 8.53. The highest BCUT2D eigenvalue weighted by Gasteiger charge is 2.40. The Balaban J connectivity index is 1.38. The van der Waals surface area contributed by atoms with Gasteiger partial charge in [-0.25, -0.2) is 8.42 Å². The Bertz CT molecular complexity index is 1270. The zero-order valence-corrected chi connectivity index (χ0v) is 25.4. The van der Waals surface area contributed by atoms with Gasteiger partial charge in [0.2, 0.25) is 5.91 Å². The molecule has 2 aliphatic rings. The fraction of sp³-hybridized carbons (Fsp3) is 0.655. The first-order valence-corrected chi connectivity index (χ1v) is 15.6. The second-order valence-electron chi connectivity index (χ2n) is 12.2. The summed E-state index contributed by atoms with van der Waals surface area (Å²) in [5.41, 5.74) is 2.48. The summed E-state index contributed by atoms with van der Waals surface area (Å²) >= 11 is 0. The van der Waals surface area contributed by atoms with Gasteiger partial charge < -0.3 is 15.0 Å². The second-order valence-corrected chi connectivity index (χ2v) is 14.1. The van der Waals surface area contributed by atoms with Gasteiger partial charge in [-0.2, -0.15) is 5.10 Å². The van der Waals surface area contributed by atoms with E-state index in [-0.39, 0.29) is 29.7 Å². The molecule has 0 bridgehead atoms. The van der Waals surface area contributed by atoms with Crippen LogP contribution in [0.1, 0.15) is 55.6 Å². The van der Waals surface area contributed by atoms with Crippen molar-refractivity contribution < 1.29 is 17.9 Å². The van der Waals surface area contributed by atoms with E-state index < -0.39 is 9.84 Å². The van der Waals surface area contributed by atoms with E-state index in [1.165, 1.54) is 0 Å². The number of likely N-dealkylation sites (N-methyl/N-ethyl adjacent to an activating group) is 1. The summed E-state index contributed by atoms with van der Waals surface area (Å²) in [6.45, 7) is 14.4. The van der Waals surface area contributed by atoms with E-state index in [4.69, 9.17) is 4.74 Å². The molecule has 1 saturated heterocycles. The molecule has 2 fully saturated rings. The molecule has 39 heavy (non-hydrogen) atoms. The average Bonchev–Trinajstić information content (AvgIpc) is 3.17. The molecule has 0 spiro atoms. The summed E-state index contributed by atoms with van der Waals surface area (Å²) in [4.78, 5) is 18.4. The van der Waals surface area contributed by atoms with Gasteiger partial charge in [-0.15, -0.1) is 0 Å². The highest BCUT2D eigenvalue weighted by Crippen LogP contribution is 2.38. The van der Waals surface area contributed by atoms with Gasteiger partial charge >= 0.3 is 0 Å². The Morgan fingerprint density at radius 1 is 1.08 bits per heavy atom. The van der Waals surface area contributed by atoms with E-state index in [2.05, 4.69) is 41.1 Å². The van der Waals surface area contributed by atoms with Crippen molar-refractivity contribution in [2.24, 2.45) is 5.41 Å². The minimum atomic E-state index is -3.63. The third-order valence-corrected chi connectivity index (χ3v) is 10.5. The first-order valence-electron chi connectivity index (χ1n) is 13.9. The number of carbonyl (C=O) groups excluding carboxylic acids is 1. The van der Waals surface area contributed by atoms with Crippen LogP contribution in [0.25, 0.3) is 0 Å². The number of rotatable bonds is 8. The fourth-order valence-corrected chi connectivity index (χ4v) is 8.11. The van der Waals surface area contributed by atoms with Crippen LogP contribution in [0.4, 0.5) is 0 Å². The molecule has 1 aliphatic heterocycles. The molecule has 1 N–H and O–H groups in total. The summed E-state index contributed by atoms with van der Waals surface area (Å²) in [7, 11) is 0.118. The van der Waals surface area contributed by atoms with Crippen LogP contribution in [0.2, 0.25) is 0 Å². The van der Waals surface area contributed by atoms with Crippen molar-refractivity contribution in [2.75, 3.05) is 40.3 Å². The lowest BCUT2D eigenvalue weighted by Crippen LogP contribution is -2.56. The maximum atomic E-state index is 13.3. The molecule has 10 heteroatoms. The zero-order chi connectivity index (χ0) is 28.5. The number of carbonyl (C=O) groups is 1. The maximum Gasteiger partial charge on any atom is 0.241 e. The van der Waals surface area contributed by atoms with Crippen LogP contribution >= 0.6 is 0 Å². The predicted octanol–water partition coefficient (Wildman–Crippen LogP) is 3.10. The molecule has 4 rings (SSSR count). The van der Waals surface area contributed by atoms with E-state index in [0.717, 1.165) is 51.1 Å². The highest BCUT2D eigenvalue weighted by atomic mass is 32.2. The molecule has 2 heterocycles. The molecule has 2 unspecified atom stereocenters. The molecule has 1 aromatic carbocycles. The molecule has 1 amide bonds. The minimum Gasteiger partial charge on any atom is -0.497 e. The number of methoxy groups -OCH3 is 1. The number of nitrogens with zero attached hydrogens (tertiary/aromatic N) is 4. The minimum absolute atomic E-state index is 0.00555. The van der Waals surface area contributed by atoms with E-state index in [0.29, 0.717) is 33.5 Å². The SMILES string of the molecule is COc1cc(C)c(S(=O)(=O)Cc2cc(C)n(CC(=O)NC3CCC(N4CCN(C)CC4)CC3(C)C)n2)c(C)c1. The van der Waals surface area contributed by atoms with Gasteiger partial charge in [0.05, 0.1) is 23.5 Å². The van der Waals surface area contributed by atoms with E-state index in [1.807, 2.05) is 6.92 Å². The molecular weight excluding hydrogens is 514 g/mol. The van der Waals surface area contributed by atoms with E-state index in [1.54, 1.807) is 43.8 Å². The summed E-state index contributed by atoms with van der Waals surface area (Å²) < 4.78 is 33.5. The van der Waals surface area contributed by atoms with Crippen molar-refractivity contribution in [3.05, 3.63) is 40.7 Å². The lowest BCUT2D eigenvalue weighted by atomic mass is 9.70. The molecular formula is C29H45N5O4S. The van der Waals surface area contributed by atoms with Crippen LogP contribution in [0.3, 0.4) is 0 Å². The number of hydrogen-bond donors (Lipinski definition) is 1. The normalized spacial score (nSPS) is 22.5. The number of benzene rings is 1. The lowest BCUT2D eigenvalue weighted by molar-refractivity contribution is -0.124. The van der Waals surface area contributed by atoms with Gasteiger partial charge in [-0.3, -0.25) is 14.4 Å². The van der Waals surface area contributed by atoms with Gasteiger partial charge in [0.25, 0.3) is 0 Å². The van der Waals surface area contributed by atoms with Crippen molar-refractivity contribution in [3.8, 4) is 5.75 Å². The van der Waals surface area contributed by atoms with Gasteiger partial charge in [-0.1, -0.05) is 13.8 Å². The Kier molecular flexibility index (Phi) is 8.78. The highest BCUT2D eigenvalue weighted by molar-refractivity contribution is 7.90. The summed E-state index contributed by atoms with van der Waals surface area (Å²) in [6.07, 6.45) is 3.11. The molecule has 216 valence electrons. The van der Waals surface area contributed by atoms with Crippen molar-refractivity contribution in [1.29, 1.82) is 0 Å². The third kappa shape index (κ3) is 6.84. The largest absolute Gasteiger partial charge is 0.497 e. The number of nitrogens with one attached hydrogen (secondary N) is 1.